The molecule has 0 amide bonds. The normalized spacial score (nSPS) is 12.3. The van der Waals surface area contributed by atoms with Crippen molar-refractivity contribution in [3.8, 4) is 0 Å². The van der Waals surface area contributed by atoms with Crippen LogP contribution in [0.25, 0.3) is 0 Å². The summed E-state index contributed by atoms with van der Waals surface area (Å²) in [4.78, 5) is 11.1. The molecular formula is C12H23N5S. The minimum atomic E-state index is 0.426. The second-order valence-corrected chi connectivity index (χ2v) is 5.25. The van der Waals surface area contributed by atoms with Gasteiger partial charge in [0.1, 0.15) is 17.5 Å². The fourth-order valence-corrected chi connectivity index (χ4v) is 2.36. The summed E-state index contributed by atoms with van der Waals surface area (Å²) < 4.78 is 0. The third-order valence-corrected chi connectivity index (χ3v) is 3.63. The van der Waals surface area contributed by atoms with Gasteiger partial charge in [0.2, 0.25) is 0 Å². The molecule has 0 aliphatic rings. The van der Waals surface area contributed by atoms with Gasteiger partial charge in [-0.2, -0.15) is 11.8 Å². The van der Waals surface area contributed by atoms with Crippen LogP contribution in [-0.4, -0.2) is 35.1 Å². The van der Waals surface area contributed by atoms with Crippen molar-refractivity contribution in [2.24, 2.45) is 5.84 Å². The number of nitrogens with one attached hydrogen (secondary N) is 1. The average Bonchev–Trinajstić information content (AvgIpc) is 2.38. The van der Waals surface area contributed by atoms with Gasteiger partial charge in [-0.3, -0.25) is 0 Å². The van der Waals surface area contributed by atoms with Crippen LogP contribution in [0.2, 0.25) is 0 Å². The first kappa shape index (κ1) is 15.0. The molecule has 18 heavy (non-hydrogen) atoms. The molecule has 0 aliphatic heterocycles. The van der Waals surface area contributed by atoms with Gasteiger partial charge in [-0.1, -0.05) is 6.92 Å². The van der Waals surface area contributed by atoms with Gasteiger partial charge in [0.05, 0.1) is 0 Å². The predicted octanol–water partition coefficient (Wildman–Crippen LogP) is 1.90. The van der Waals surface area contributed by atoms with Gasteiger partial charge in [-0.15, -0.1) is 0 Å². The van der Waals surface area contributed by atoms with Crippen molar-refractivity contribution in [1.29, 1.82) is 0 Å². The Kier molecular flexibility index (Phi) is 6.21. The molecule has 0 fully saturated rings. The Hall–Kier alpha value is -1.01. The largest absolute Gasteiger partial charge is 0.356 e. The van der Waals surface area contributed by atoms with E-state index < -0.39 is 0 Å². The van der Waals surface area contributed by atoms with E-state index in [9.17, 15) is 0 Å². The molecule has 1 atom stereocenters. The Bertz CT molecular complexity index is 371. The Morgan fingerprint density at radius 2 is 2.22 bits per heavy atom. The van der Waals surface area contributed by atoms with E-state index >= 15 is 0 Å². The van der Waals surface area contributed by atoms with Gasteiger partial charge in [-0.05, 0) is 19.6 Å². The lowest BCUT2D eigenvalue weighted by Crippen LogP contribution is -2.32. The molecule has 0 bridgehead atoms. The number of aromatic nitrogens is 2. The van der Waals surface area contributed by atoms with E-state index in [1.807, 2.05) is 17.8 Å². The molecule has 0 aliphatic carbocycles. The highest BCUT2D eigenvalue weighted by Gasteiger charge is 2.13. The van der Waals surface area contributed by atoms with Crippen molar-refractivity contribution in [1.82, 2.24) is 9.97 Å². The molecule has 1 aromatic heterocycles. The predicted molar refractivity (Wildman–Crippen MR) is 80.1 cm³/mol. The number of anilines is 2. The summed E-state index contributed by atoms with van der Waals surface area (Å²) in [6.45, 7) is 4.30. The zero-order valence-electron chi connectivity index (χ0n) is 11.6. The number of aryl methyl sites for hydroxylation is 1. The van der Waals surface area contributed by atoms with E-state index in [2.05, 4.69) is 47.4 Å². The van der Waals surface area contributed by atoms with Crippen molar-refractivity contribution in [3.05, 3.63) is 11.9 Å². The molecule has 0 saturated carbocycles. The zero-order chi connectivity index (χ0) is 13.5. The maximum Gasteiger partial charge on any atom is 0.145 e. The van der Waals surface area contributed by atoms with E-state index in [1.165, 1.54) is 0 Å². The van der Waals surface area contributed by atoms with Crippen LogP contribution >= 0.6 is 11.8 Å². The number of rotatable bonds is 7. The molecule has 5 nitrogen and oxygen atoms in total. The van der Waals surface area contributed by atoms with Crippen LogP contribution < -0.4 is 16.2 Å². The number of thioether (sulfide) groups is 1. The maximum absolute atomic E-state index is 5.46. The molecule has 0 aromatic carbocycles. The molecule has 0 spiro atoms. The molecule has 102 valence electrons. The summed E-state index contributed by atoms with van der Waals surface area (Å²) in [5.41, 5.74) is 2.61. The topological polar surface area (TPSA) is 67.1 Å². The van der Waals surface area contributed by atoms with Crippen LogP contribution in [0.5, 0.6) is 0 Å². The van der Waals surface area contributed by atoms with Gasteiger partial charge in [0.15, 0.2) is 0 Å². The van der Waals surface area contributed by atoms with Gasteiger partial charge >= 0.3 is 0 Å². The van der Waals surface area contributed by atoms with Crippen LogP contribution in [0.4, 0.5) is 11.6 Å². The van der Waals surface area contributed by atoms with Gasteiger partial charge in [0.25, 0.3) is 0 Å². The van der Waals surface area contributed by atoms with Crippen molar-refractivity contribution >= 4 is 23.4 Å². The third-order valence-electron chi connectivity index (χ3n) is 2.81. The maximum atomic E-state index is 5.46. The monoisotopic (exact) mass is 269 g/mol. The molecule has 0 radical (unpaired) electrons. The summed E-state index contributed by atoms with van der Waals surface area (Å²) in [5.74, 6) is 8.95. The molecule has 1 unspecified atom stereocenters. The molecule has 1 rings (SSSR count). The van der Waals surface area contributed by atoms with Crippen LogP contribution in [0, 0.1) is 0 Å². The highest BCUT2D eigenvalue weighted by molar-refractivity contribution is 7.98. The summed E-state index contributed by atoms with van der Waals surface area (Å²) in [5, 5.41) is 0. The zero-order valence-corrected chi connectivity index (χ0v) is 12.4. The Balaban J connectivity index is 2.95. The quantitative estimate of drug-likeness (QED) is 0.582. The van der Waals surface area contributed by atoms with Gasteiger partial charge in [0, 0.05) is 31.3 Å². The summed E-state index contributed by atoms with van der Waals surface area (Å²) in [6, 6.07) is 2.31. The molecule has 3 N–H and O–H groups in total. The van der Waals surface area contributed by atoms with Crippen molar-refractivity contribution < 1.29 is 0 Å². The molecule has 1 aromatic rings. The van der Waals surface area contributed by atoms with E-state index in [1.54, 1.807) is 0 Å². The molecule has 6 heteroatoms. The second kappa shape index (κ2) is 7.43. The highest BCUT2D eigenvalue weighted by atomic mass is 32.2. The van der Waals surface area contributed by atoms with Crippen molar-refractivity contribution in [3.63, 3.8) is 0 Å². The third kappa shape index (κ3) is 4.03. The SMILES string of the molecule is CCCc1nc(NN)cc(N(C)C(C)CSC)n1. The minimum Gasteiger partial charge on any atom is -0.356 e. The van der Waals surface area contributed by atoms with Crippen LogP contribution in [0.15, 0.2) is 6.07 Å². The Labute approximate surface area is 114 Å². The van der Waals surface area contributed by atoms with Crippen molar-refractivity contribution in [2.75, 3.05) is 29.4 Å². The van der Waals surface area contributed by atoms with Crippen molar-refractivity contribution in [2.45, 2.75) is 32.7 Å². The summed E-state index contributed by atoms with van der Waals surface area (Å²) in [6.07, 6.45) is 4.00. The van der Waals surface area contributed by atoms with Crippen LogP contribution in [0.1, 0.15) is 26.1 Å². The van der Waals surface area contributed by atoms with E-state index in [0.29, 0.717) is 11.9 Å². The number of hydrazine groups is 1. The first-order valence-corrected chi connectivity index (χ1v) is 7.58. The second-order valence-electron chi connectivity index (χ2n) is 4.34. The van der Waals surface area contributed by atoms with Crippen LogP contribution in [0.3, 0.4) is 0 Å². The molecular weight excluding hydrogens is 246 g/mol. The lowest BCUT2D eigenvalue weighted by molar-refractivity contribution is 0.740. The number of nitrogen functional groups attached to an aromatic ring is 1. The molecule has 1 heterocycles. The highest BCUT2D eigenvalue weighted by Crippen LogP contribution is 2.18. The van der Waals surface area contributed by atoms with Gasteiger partial charge < -0.3 is 10.3 Å². The molecule has 0 saturated heterocycles. The number of hydrogen-bond acceptors (Lipinski definition) is 6. The first-order valence-electron chi connectivity index (χ1n) is 6.18. The fraction of sp³-hybridized carbons (Fsp3) is 0.667. The standard InChI is InChI=1S/C12H23N5S/c1-5-6-10-14-11(16-13)7-12(15-10)17(3)9(2)8-18-4/h7,9H,5-6,8,13H2,1-4H3,(H,14,15,16). The van der Waals surface area contributed by atoms with E-state index in [4.69, 9.17) is 5.84 Å². The Morgan fingerprint density at radius 1 is 1.50 bits per heavy atom. The van der Waals surface area contributed by atoms with E-state index in [0.717, 1.165) is 30.2 Å². The first-order chi connectivity index (χ1) is 8.62. The Morgan fingerprint density at radius 3 is 2.78 bits per heavy atom. The number of hydrogen-bond donors (Lipinski definition) is 2. The number of nitrogens with zero attached hydrogens (tertiary/aromatic N) is 3. The van der Waals surface area contributed by atoms with E-state index in [-0.39, 0.29) is 0 Å². The van der Waals surface area contributed by atoms with Crippen LogP contribution in [-0.2, 0) is 6.42 Å². The average molecular weight is 269 g/mol. The summed E-state index contributed by atoms with van der Waals surface area (Å²) >= 11 is 1.83. The number of nitrogens with two attached hydrogens (primary N) is 1. The lowest BCUT2D eigenvalue weighted by atomic mass is 10.3. The minimum absolute atomic E-state index is 0.426. The fourth-order valence-electron chi connectivity index (χ4n) is 1.65. The lowest BCUT2D eigenvalue weighted by Gasteiger charge is -2.26. The summed E-state index contributed by atoms with van der Waals surface area (Å²) in [7, 11) is 2.05. The smallest absolute Gasteiger partial charge is 0.145 e. The van der Waals surface area contributed by atoms with Gasteiger partial charge in [-0.25, -0.2) is 15.8 Å².